The number of rotatable bonds is 23. The van der Waals surface area contributed by atoms with Gasteiger partial charge in [0.2, 0.25) is 23.6 Å². The van der Waals surface area contributed by atoms with Gasteiger partial charge >= 0.3 is 11.9 Å². The van der Waals surface area contributed by atoms with E-state index in [0.717, 1.165) is 0 Å². The molecule has 0 fully saturated rings. The quantitative estimate of drug-likeness (QED) is 0.0196. The van der Waals surface area contributed by atoms with Crippen molar-refractivity contribution in [2.24, 2.45) is 22.4 Å². The molecule has 282 valence electrons. The van der Waals surface area contributed by atoms with Crippen molar-refractivity contribution in [3.05, 3.63) is 11.8 Å². The summed E-state index contributed by atoms with van der Waals surface area (Å²) < 4.78 is 10.1. The predicted octanol–water partition coefficient (Wildman–Crippen LogP) is 1.20. The maximum Gasteiger partial charge on any atom is 0.333 e. The van der Waals surface area contributed by atoms with Crippen LogP contribution in [0.3, 0.4) is 0 Å². The number of hydrogen-bond acceptors (Lipinski definition) is 10. The van der Waals surface area contributed by atoms with E-state index in [9.17, 15) is 28.8 Å². The molecule has 0 aliphatic rings. The van der Waals surface area contributed by atoms with E-state index >= 15 is 0 Å². The molecule has 16 nitrogen and oxygen atoms in total. The minimum Gasteiger partial charge on any atom is -0.450 e. The number of amides is 4. The van der Waals surface area contributed by atoms with E-state index in [0.29, 0.717) is 63.3 Å². The zero-order chi connectivity index (χ0) is 37.8. The highest BCUT2D eigenvalue weighted by molar-refractivity contribution is 7.15. The predicted molar refractivity (Wildman–Crippen MR) is 196 cm³/mol. The van der Waals surface area contributed by atoms with Crippen LogP contribution >= 0.6 is 18.9 Å². The van der Waals surface area contributed by atoms with Gasteiger partial charge in [0.15, 0.2) is 5.96 Å². The van der Waals surface area contributed by atoms with Gasteiger partial charge in [0.25, 0.3) is 0 Å². The number of allylic oxidation sites excluding steroid dienone is 2. The molecule has 0 aliphatic carbocycles. The Morgan fingerprint density at radius 2 is 1.57 bits per heavy atom. The normalized spacial score (nSPS) is 13.1. The van der Waals surface area contributed by atoms with Crippen LogP contribution in [0, 0.1) is 5.92 Å². The van der Waals surface area contributed by atoms with E-state index in [1.807, 2.05) is 50.2 Å². The molecular weight excluding hydrogens is 674 g/mol. The summed E-state index contributed by atoms with van der Waals surface area (Å²) in [7, 11) is 4.07. The molecule has 0 aromatic rings. The van der Waals surface area contributed by atoms with E-state index in [1.165, 1.54) is 6.92 Å². The summed E-state index contributed by atoms with van der Waals surface area (Å²) in [6, 6.07) is -2.84. The number of hydrogen-bond donors (Lipinski definition) is 7. The second-order valence-electron chi connectivity index (χ2n) is 11.1. The third-order valence-corrected chi connectivity index (χ3v) is 7.09. The summed E-state index contributed by atoms with van der Waals surface area (Å²) in [6.07, 6.45) is 5.03. The second kappa shape index (κ2) is 29.6. The van der Waals surface area contributed by atoms with Gasteiger partial charge in [0, 0.05) is 32.9 Å². The Hall–Kier alpha value is -3.35. The summed E-state index contributed by atoms with van der Waals surface area (Å²) in [6.45, 7) is 11.3. The standard InChI is InChI=1S/C29H54N8O8P2.C2H6/c1-5-20(12-11-18(2)3)44-28(43)23(13-14-24(39)32-15-7-6-9-21(30)27(42)45-47)36-25(40)17-34-26(41)22(35-19(4)38)10-8-16-33-29(31)37-46;1-2/h12,18,21-23H,5-11,13-17,30,46-47H2,1-4H3,(H,32,39)(H,34,41)(H,35,38)(H,36,40)(H3,31,33,37);1-2H3/b20-12+;/t21?,22-,23?;/m0./s1. The van der Waals surface area contributed by atoms with E-state index in [-0.39, 0.29) is 31.1 Å². The second-order valence-corrected chi connectivity index (χ2v) is 11.7. The van der Waals surface area contributed by atoms with Crippen LogP contribution in [0.25, 0.3) is 0 Å². The lowest BCUT2D eigenvalue weighted by molar-refractivity contribution is -0.144. The summed E-state index contributed by atoms with van der Waals surface area (Å²) in [4.78, 5) is 78.3. The maximum atomic E-state index is 13.1. The maximum absolute atomic E-state index is 13.1. The van der Waals surface area contributed by atoms with E-state index in [4.69, 9.17) is 16.2 Å². The average molecular weight is 735 g/mol. The summed E-state index contributed by atoms with van der Waals surface area (Å²) in [5.41, 5.74) is 11.3. The lowest BCUT2D eigenvalue weighted by Crippen LogP contribution is -2.50. The Labute approximate surface area is 295 Å². The van der Waals surface area contributed by atoms with Crippen molar-refractivity contribution in [2.45, 2.75) is 117 Å². The van der Waals surface area contributed by atoms with E-state index in [1.54, 1.807) is 0 Å². The van der Waals surface area contributed by atoms with Gasteiger partial charge in [0.1, 0.15) is 23.9 Å². The van der Waals surface area contributed by atoms with Crippen molar-refractivity contribution in [1.82, 2.24) is 26.4 Å². The van der Waals surface area contributed by atoms with Gasteiger partial charge in [0.05, 0.1) is 16.0 Å². The zero-order valence-corrected chi connectivity index (χ0v) is 32.2. The average Bonchev–Trinajstić information content (AvgIpc) is 3.08. The van der Waals surface area contributed by atoms with Crippen LogP contribution in [0.2, 0.25) is 0 Å². The first-order valence-corrected chi connectivity index (χ1v) is 17.7. The van der Waals surface area contributed by atoms with E-state index < -0.39 is 54.3 Å². The van der Waals surface area contributed by atoms with Crippen LogP contribution in [0.4, 0.5) is 0 Å². The van der Waals surface area contributed by atoms with Crippen molar-refractivity contribution < 1.29 is 38.0 Å². The van der Waals surface area contributed by atoms with Crippen LogP contribution in [-0.2, 0) is 38.0 Å². The van der Waals surface area contributed by atoms with Gasteiger partial charge in [-0.2, -0.15) is 0 Å². The molecule has 0 aromatic heterocycles. The molecule has 18 heteroatoms. The Bertz CT molecular complexity index is 1090. The molecule has 49 heavy (non-hydrogen) atoms. The Balaban J connectivity index is 0. The summed E-state index contributed by atoms with van der Waals surface area (Å²) in [5.74, 6) is -2.32. The first-order valence-electron chi connectivity index (χ1n) is 16.7. The topological polar surface area (TPSA) is 245 Å². The molecule has 0 spiro atoms. The van der Waals surface area contributed by atoms with Gasteiger partial charge in [-0.05, 0) is 66.3 Å². The van der Waals surface area contributed by atoms with Gasteiger partial charge < -0.3 is 47.1 Å². The number of nitrogens with zero attached hydrogens (tertiary/aromatic N) is 1. The SMILES string of the molecule is CC.CC/C(=C\CC(C)C)OC(=O)C(CCC(=O)NCCCCC(N)C(=O)OP)NC(=O)CNC(=O)[C@H](CCCN=C(N)NP)NC(C)=O. The van der Waals surface area contributed by atoms with Crippen LogP contribution < -0.4 is 37.8 Å². The van der Waals surface area contributed by atoms with Crippen molar-refractivity contribution >= 4 is 60.4 Å². The third-order valence-electron chi connectivity index (χ3n) is 6.56. The zero-order valence-electron chi connectivity index (χ0n) is 29.9. The number of nitrogens with one attached hydrogen (secondary N) is 5. The molecule has 0 saturated carbocycles. The minimum atomic E-state index is -1.17. The number of ether oxygens (including phenoxy) is 1. The summed E-state index contributed by atoms with van der Waals surface area (Å²) >= 11 is 0. The van der Waals surface area contributed by atoms with Crippen molar-refractivity contribution in [3.63, 3.8) is 0 Å². The molecule has 4 unspecified atom stereocenters. The van der Waals surface area contributed by atoms with Crippen molar-refractivity contribution in [2.75, 3.05) is 19.6 Å². The number of nitrogens with two attached hydrogens (primary N) is 2. The highest BCUT2D eigenvalue weighted by atomic mass is 31.0. The molecule has 0 saturated heterocycles. The molecule has 4 amide bonds. The number of unbranched alkanes of at least 4 members (excludes halogenated alkanes) is 1. The first-order chi connectivity index (χ1) is 23.2. The molecule has 0 rings (SSSR count). The fraction of sp³-hybridized carbons (Fsp3) is 0.710. The highest BCUT2D eigenvalue weighted by Gasteiger charge is 2.26. The molecule has 0 heterocycles. The van der Waals surface area contributed by atoms with Crippen LogP contribution in [-0.4, -0.2) is 79.3 Å². The number of aliphatic imine (C=N–C) groups is 1. The fourth-order valence-electron chi connectivity index (χ4n) is 3.95. The number of guanidine groups is 1. The van der Waals surface area contributed by atoms with Gasteiger partial charge in [-0.1, -0.05) is 34.6 Å². The molecule has 5 atom stereocenters. The minimum absolute atomic E-state index is 0.0559. The van der Waals surface area contributed by atoms with Crippen molar-refractivity contribution in [3.8, 4) is 0 Å². The van der Waals surface area contributed by atoms with Gasteiger partial charge in [-0.25, -0.2) is 4.79 Å². The number of carbonyl (C=O) groups excluding carboxylic acids is 6. The molecule has 0 radical (unpaired) electrons. The molecular formula is C31H60N8O8P2. The lowest BCUT2D eigenvalue weighted by Gasteiger charge is -2.20. The van der Waals surface area contributed by atoms with E-state index in [2.05, 4.69) is 45.3 Å². The molecule has 0 aliphatic heterocycles. The molecule has 9 N–H and O–H groups in total. The number of carbonyl (C=O) groups is 6. The van der Waals surface area contributed by atoms with Gasteiger partial charge in [-0.15, -0.1) is 0 Å². The third kappa shape index (κ3) is 25.3. The van der Waals surface area contributed by atoms with Crippen LogP contribution in [0.5, 0.6) is 0 Å². The Kier molecular flexibility index (Phi) is 28.8. The smallest absolute Gasteiger partial charge is 0.333 e. The van der Waals surface area contributed by atoms with Gasteiger partial charge in [-0.3, -0.25) is 29.0 Å². The highest BCUT2D eigenvalue weighted by Crippen LogP contribution is 2.12. The van der Waals surface area contributed by atoms with Crippen LogP contribution in [0.1, 0.15) is 99.3 Å². The number of esters is 1. The Morgan fingerprint density at radius 1 is 0.898 bits per heavy atom. The molecule has 0 bridgehead atoms. The summed E-state index contributed by atoms with van der Waals surface area (Å²) in [5, 5.41) is 12.9. The lowest BCUT2D eigenvalue weighted by atomic mass is 10.1. The van der Waals surface area contributed by atoms with Crippen LogP contribution in [0.15, 0.2) is 16.8 Å². The first kappa shape index (κ1) is 47.8. The Morgan fingerprint density at radius 3 is 2.14 bits per heavy atom. The molecule has 0 aromatic carbocycles. The van der Waals surface area contributed by atoms with Crippen molar-refractivity contribution in [1.29, 1.82) is 0 Å². The largest absolute Gasteiger partial charge is 0.450 e. The fourth-order valence-corrected chi connectivity index (χ4v) is 4.22. The monoisotopic (exact) mass is 734 g/mol.